The summed E-state index contributed by atoms with van der Waals surface area (Å²) in [4.78, 5) is 12.4. The number of carboxylic acids is 1. The number of aliphatic carboxylic acids is 1. The van der Waals surface area contributed by atoms with Crippen molar-refractivity contribution >= 4 is 28.9 Å². The Labute approximate surface area is 130 Å². The molecule has 1 saturated heterocycles. The van der Waals surface area contributed by atoms with Gasteiger partial charge in [-0.1, -0.05) is 16.8 Å². The number of thiophene rings is 1. The molecule has 2 aromatic heterocycles. The molecule has 0 radical (unpaired) electrons. The third kappa shape index (κ3) is 2.95. The minimum atomic E-state index is -1.15. The van der Waals surface area contributed by atoms with Crippen LogP contribution in [-0.2, 0) is 22.5 Å². The van der Waals surface area contributed by atoms with E-state index in [2.05, 4.69) is 10.3 Å². The van der Waals surface area contributed by atoms with E-state index in [-0.39, 0.29) is 6.42 Å². The average Bonchev–Trinajstić information content (AvgIpc) is 3.15. The summed E-state index contributed by atoms with van der Waals surface area (Å²) >= 11 is 7.60. The van der Waals surface area contributed by atoms with E-state index < -0.39 is 11.6 Å². The van der Waals surface area contributed by atoms with E-state index in [1.54, 1.807) is 22.2 Å². The first-order chi connectivity index (χ1) is 10.1. The Bertz CT molecular complexity index is 649. The van der Waals surface area contributed by atoms with Gasteiger partial charge in [-0.3, -0.25) is 0 Å². The Hall–Kier alpha value is -1.44. The fraction of sp³-hybridized carbons (Fsp3) is 0.462. The van der Waals surface area contributed by atoms with Gasteiger partial charge in [0.2, 0.25) is 0 Å². The van der Waals surface area contributed by atoms with Crippen LogP contribution in [0.25, 0.3) is 0 Å². The van der Waals surface area contributed by atoms with Gasteiger partial charge in [-0.2, -0.15) is 0 Å². The minimum Gasteiger partial charge on any atom is -0.479 e. The van der Waals surface area contributed by atoms with Crippen LogP contribution in [0.15, 0.2) is 17.6 Å². The molecule has 112 valence electrons. The van der Waals surface area contributed by atoms with Crippen LogP contribution >= 0.6 is 22.9 Å². The van der Waals surface area contributed by atoms with E-state index in [9.17, 15) is 9.90 Å². The SMILES string of the molecule is O=C(O)C1(Cc2cn(Cc3sccc3Cl)nn2)CCCO1. The molecule has 0 aromatic carbocycles. The summed E-state index contributed by atoms with van der Waals surface area (Å²) in [6.45, 7) is 1.01. The highest BCUT2D eigenvalue weighted by Gasteiger charge is 2.43. The van der Waals surface area contributed by atoms with Gasteiger partial charge in [0.15, 0.2) is 5.60 Å². The van der Waals surface area contributed by atoms with Crippen molar-refractivity contribution in [3.05, 3.63) is 33.2 Å². The zero-order valence-electron chi connectivity index (χ0n) is 11.2. The van der Waals surface area contributed by atoms with Crippen LogP contribution in [0, 0.1) is 0 Å². The number of halogens is 1. The maximum atomic E-state index is 11.4. The zero-order valence-corrected chi connectivity index (χ0v) is 12.7. The summed E-state index contributed by atoms with van der Waals surface area (Å²) < 4.78 is 7.11. The molecule has 1 aliphatic heterocycles. The monoisotopic (exact) mass is 327 g/mol. The molecule has 3 heterocycles. The van der Waals surface area contributed by atoms with Gasteiger partial charge in [0.05, 0.1) is 17.3 Å². The highest BCUT2D eigenvalue weighted by atomic mass is 35.5. The lowest BCUT2D eigenvalue weighted by Gasteiger charge is -2.21. The minimum absolute atomic E-state index is 0.237. The Morgan fingerprint density at radius 3 is 3.10 bits per heavy atom. The first-order valence-electron chi connectivity index (χ1n) is 6.57. The van der Waals surface area contributed by atoms with Gasteiger partial charge < -0.3 is 9.84 Å². The molecule has 6 nitrogen and oxygen atoms in total. The third-order valence-corrected chi connectivity index (χ3v) is 4.91. The van der Waals surface area contributed by atoms with E-state index in [0.717, 1.165) is 11.3 Å². The predicted molar refractivity (Wildman–Crippen MR) is 77.7 cm³/mol. The number of hydrogen-bond donors (Lipinski definition) is 1. The molecule has 8 heteroatoms. The van der Waals surface area contributed by atoms with Gasteiger partial charge in [-0.05, 0) is 24.3 Å². The molecule has 2 aromatic rings. The van der Waals surface area contributed by atoms with Crippen LogP contribution in [0.3, 0.4) is 0 Å². The summed E-state index contributed by atoms with van der Waals surface area (Å²) in [6.07, 6.45) is 3.25. The molecule has 1 atom stereocenters. The van der Waals surface area contributed by atoms with Gasteiger partial charge in [0.25, 0.3) is 0 Å². The number of rotatable bonds is 5. The van der Waals surface area contributed by atoms with Crippen molar-refractivity contribution in [2.24, 2.45) is 0 Å². The highest BCUT2D eigenvalue weighted by molar-refractivity contribution is 7.10. The van der Waals surface area contributed by atoms with Gasteiger partial charge in [0.1, 0.15) is 0 Å². The van der Waals surface area contributed by atoms with Crippen molar-refractivity contribution in [1.29, 1.82) is 0 Å². The van der Waals surface area contributed by atoms with Crippen molar-refractivity contribution in [2.75, 3.05) is 6.61 Å². The van der Waals surface area contributed by atoms with Crippen molar-refractivity contribution in [3.63, 3.8) is 0 Å². The fourth-order valence-electron chi connectivity index (χ4n) is 2.46. The lowest BCUT2D eigenvalue weighted by atomic mass is 9.95. The second-order valence-corrected chi connectivity index (χ2v) is 6.44. The van der Waals surface area contributed by atoms with Crippen LogP contribution in [0.2, 0.25) is 5.02 Å². The van der Waals surface area contributed by atoms with E-state index in [0.29, 0.717) is 30.3 Å². The van der Waals surface area contributed by atoms with Crippen LogP contribution in [-0.4, -0.2) is 38.3 Å². The second-order valence-electron chi connectivity index (χ2n) is 5.03. The maximum absolute atomic E-state index is 11.4. The topological polar surface area (TPSA) is 77.2 Å². The van der Waals surface area contributed by atoms with Crippen molar-refractivity contribution < 1.29 is 14.6 Å². The lowest BCUT2D eigenvalue weighted by Crippen LogP contribution is -2.40. The van der Waals surface area contributed by atoms with E-state index in [1.807, 2.05) is 11.4 Å². The van der Waals surface area contributed by atoms with E-state index >= 15 is 0 Å². The normalized spacial score (nSPS) is 21.8. The highest BCUT2D eigenvalue weighted by Crippen LogP contribution is 2.29. The summed E-state index contributed by atoms with van der Waals surface area (Å²) in [5.41, 5.74) is -0.534. The van der Waals surface area contributed by atoms with Gasteiger partial charge in [-0.15, -0.1) is 16.4 Å². The quantitative estimate of drug-likeness (QED) is 0.911. The molecule has 0 bridgehead atoms. The lowest BCUT2D eigenvalue weighted by molar-refractivity contribution is -0.160. The molecule has 1 aliphatic rings. The molecular formula is C13H14ClN3O3S. The standard InChI is InChI=1S/C13H14ClN3O3S/c14-10-2-5-21-11(10)8-17-7-9(15-16-17)6-13(12(18)19)3-1-4-20-13/h2,5,7H,1,3-4,6,8H2,(H,18,19). The maximum Gasteiger partial charge on any atom is 0.336 e. The second kappa shape index (κ2) is 5.75. The number of hydrogen-bond acceptors (Lipinski definition) is 5. The molecule has 0 amide bonds. The molecule has 1 N–H and O–H groups in total. The smallest absolute Gasteiger partial charge is 0.336 e. The summed E-state index contributed by atoms with van der Waals surface area (Å²) in [6, 6.07) is 1.84. The molecule has 3 rings (SSSR count). The molecule has 1 unspecified atom stereocenters. The molecular weight excluding hydrogens is 314 g/mol. The Morgan fingerprint density at radius 1 is 1.62 bits per heavy atom. The summed E-state index contributed by atoms with van der Waals surface area (Å²) in [5.74, 6) is -0.934. The Balaban J connectivity index is 1.73. The third-order valence-electron chi connectivity index (χ3n) is 3.54. The van der Waals surface area contributed by atoms with Gasteiger partial charge >= 0.3 is 5.97 Å². The largest absolute Gasteiger partial charge is 0.479 e. The van der Waals surface area contributed by atoms with Crippen molar-refractivity contribution in [2.45, 2.75) is 31.4 Å². The number of carboxylic acid groups (broad SMARTS) is 1. The number of nitrogens with zero attached hydrogens (tertiary/aromatic N) is 3. The Morgan fingerprint density at radius 2 is 2.48 bits per heavy atom. The van der Waals surface area contributed by atoms with Crippen LogP contribution in [0.1, 0.15) is 23.4 Å². The number of carbonyl (C=O) groups is 1. The first kappa shape index (κ1) is 14.5. The summed E-state index contributed by atoms with van der Waals surface area (Å²) in [5, 5.41) is 20.1. The molecule has 1 fully saturated rings. The van der Waals surface area contributed by atoms with Gasteiger partial charge in [0, 0.05) is 24.1 Å². The van der Waals surface area contributed by atoms with E-state index in [4.69, 9.17) is 16.3 Å². The van der Waals surface area contributed by atoms with E-state index in [1.165, 1.54) is 0 Å². The first-order valence-corrected chi connectivity index (χ1v) is 7.83. The number of ether oxygens (including phenoxy) is 1. The molecule has 0 aliphatic carbocycles. The zero-order chi connectivity index (χ0) is 14.9. The number of aromatic nitrogens is 3. The predicted octanol–water partition coefficient (Wildman–Crippen LogP) is 2.22. The summed E-state index contributed by atoms with van der Waals surface area (Å²) in [7, 11) is 0. The van der Waals surface area contributed by atoms with Gasteiger partial charge in [-0.25, -0.2) is 9.48 Å². The van der Waals surface area contributed by atoms with Crippen LogP contribution in [0.5, 0.6) is 0 Å². The van der Waals surface area contributed by atoms with Crippen molar-refractivity contribution in [1.82, 2.24) is 15.0 Å². The van der Waals surface area contributed by atoms with Crippen LogP contribution in [0.4, 0.5) is 0 Å². The molecule has 21 heavy (non-hydrogen) atoms. The fourth-order valence-corrected chi connectivity index (χ4v) is 3.54. The molecule has 0 spiro atoms. The van der Waals surface area contributed by atoms with Crippen molar-refractivity contribution in [3.8, 4) is 0 Å². The molecule has 0 saturated carbocycles. The average molecular weight is 328 g/mol. The van der Waals surface area contributed by atoms with Crippen LogP contribution < -0.4 is 0 Å². The Kier molecular flexibility index (Phi) is 3.97.